The lowest BCUT2D eigenvalue weighted by molar-refractivity contribution is -0.140. The summed E-state index contributed by atoms with van der Waals surface area (Å²) in [5.74, 6) is -1.36. The van der Waals surface area contributed by atoms with Crippen LogP contribution in [0.1, 0.15) is 63.5 Å². The molecule has 4 amide bonds. The Hall–Kier alpha value is -3.80. The topological polar surface area (TPSA) is 172 Å². The number of likely N-dealkylation sites (tertiary alicyclic amines) is 1. The van der Waals surface area contributed by atoms with Gasteiger partial charge in [0.15, 0.2) is 0 Å². The maximum absolute atomic E-state index is 13.9. The van der Waals surface area contributed by atoms with Crippen molar-refractivity contribution in [2.24, 2.45) is 22.8 Å². The quantitative estimate of drug-likeness (QED) is 0.140. The highest BCUT2D eigenvalue weighted by Crippen LogP contribution is 2.35. The van der Waals surface area contributed by atoms with E-state index in [9.17, 15) is 19.2 Å². The smallest absolute Gasteiger partial charge is 0.245 e. The van der Waals surface area contributed by atoms with E-state index < -0.39 is 41.9 Å². The molecule has 48 heavy (non-hydrogen) atoms. The van der Waals surface area contributed by atoms with Crippen molar-refractivity contribution in [2.75, 3.05) is 32.7 Å². The summed E-state index contributed by atoms with van der Waals surface area (Å²) < 4.78 is 0. The van der Waals surface area contributed by atoms with Gasteiger partial charge in [-0.2, -0.15) is 0 Å². The maximum atomic E-state index is 13.9. The molecule has 8 N–H and O–H groups in total. The van der Waals surface area contributed by atoms with Gasteiger partial charge in [0.25, 0.3) is 0 Å². The lowest BCUT2D eigenvalue weighted by atomic mass is 9.73. The van der Waals surface area contributed by atoms with Crippen LogP contribution >= 0.6 is 0 Å². The van der Waals surface area contributed by atoms with E-state index in [1.807, 2.05) is 79.4 Å². The predicted octanol–water partition coefficient (Wildman–Crippen LogP) is 1.64. The molecule has 0 aromatic heterocycles. The molecular weight excluding hydrogens is 606 g/mol. The molecule has 2 aliphatic rings. The highest BCUT2D eigenvalue weighted by atomic mass is 16.2. The van der Waals surface area contributed by atoms with Gasteiger partial charge < -0.3 is 37.6 Å². The largest absolute Gasteiger partial charge is 0.343 e. The van der Waals surface area contributed by atoms with Crippen LogP contribution in [0.3, 0.4) is 0 Å². The molecule has 0 saturated carbocycles. The number of carbonyl (C=O) groups excluding carboxylic acids is 4. The number of benzene rings is 2. The molecule has 0 bridgehead atoms. The monoisotopic (exact) mass is 661 g/mol. The van der Waals surface area contributed by atoms with E-state index in [1.54, 1.807) is 0 Å². The lowest BCUT2D eigenvalue weighted by Crippen LogP contribution is -2.61. The number of hydrogen-bond acceptors (Lipinski definition) is 7. The Morgan fingerprint density at radius 1 is 0.771 bits per heavy atom. The average Bonchev–Trinajstić information content (AvgIpc) is 3.07. The molecule has 2 fully saturated rings. The lowest BCUT2D eigenvalue weighted by Gasteiger charge is -2.48. The summed E-state index contributed by atoms with van der Waals surface area (Å²) in [6, 6.07) is 15.4. The van der Waals surface area contributed by atoms with E-state index in [-0.39, 0.29) is 18.2 Å². The van der Waals surface area contributed by atoms with Gasteiger partial charge in [-0.3, -0.25) is 19.2 Å². The van der Waals surface area contributed by atoms with Crippen molar-refractivity contribution in [3.63, 3.8) is 0 Å². The summed E-state index contributed by atoms with van der Waals surface area (Å²) in [7, 11) is 0. The van der Waals surface area contributed by atoms with Crippen molar-refractivity contribution in [1.82, 2.24) is 26.2 Å². The molecule has 1 spiro atoms. The zero-order chi connectivity index (χ0) is 34.5. The molecule has 11 heteroatoms. The van der Waals surface area contributed by atoms with Gasteiger partial charge in [0.05, 0.1) is 6.04 Å². The second-order valence-corrected chi connectivity index (χ2v) is 14.0. The SMILES string of the molecule is CC(C)C[C@@H](NC(=O)[C@@H](Cc1ccccc1)NC(=O)[C@H](N)Cc1ccccc1)C(=O)N[C@H](CCCCN)C(=O)N1CCC2(CC1)CNC2. The summed E-state index contributed by atoms with van der Waals surface area (Å²) in [5.41, 5.74) is 14.1. The molecule has 2 saturated heterocycles. The van der Waals surface area contributed by atoms with Gasteiger partial charge in [0, 0.05) is 32.6 Å². The van der Waals surface area contributed by atoms with E-state index >= 15 is 0 Å². The van der Waals surface area contributed by atoms with E-state index in [1.165, 1.54) is 0 Å². The first kappa shape index (κ1) is 37.0. The molecule has 2 heterocycles. The molecule has 0 radical (unpaired) electrons. The zero-order valence-electron chi connectivity index (χ0n) is 28.6. The van der Waals surface area contributed by atoms with Crippen LogP contribution in [-0.2, 0) is 32.0 Å². The molecule has 0 unspecified atom stereocenters. The van der Waals surface area contributed by atoms with Crippen LogP contribution in [0.2, 0.25) is 0 Å². The number of rotatable bonds is 17. The molecular formula is C37H55N7O4. The molecule has 4 atom stereocenters. The van der Waals surface area contributed by atoms with Crippen molar-refractivity contribution in [1.29, 1.82) is 0 Å². The van der Waals surface area contributed by atoms with Crippen LogP contribution in [0.25, 0.3) is 0 Å². The average molecular weight is 662 g/mol. The van der Waals surface area contributed by atoms with E-state index in [0.29, 0.717) is 50.7 Å². The van der Waals surface area contributed by atoms with Crippen molar-refractivity contribution in [3.8, 4) is 0 Å². The Balaban J connectivity index is 1.46. The summed E-state index contributed by atoms with van der Waals surface area (Å²) in [4.78, 5) is 56.7. The number of nitrogens with one attached hydrogen (secondary N) is 4. The minimum absolute atomic E-state index is 0.0725. The third kappa shape index (κ3) is 10.9. The Bertz CT molecular complexity index is 1330. The fraction of sp³-hybridized carbons (Fsp3) is 0.568. The van der Waals surface area contributed by atoms with Gasteiger partial charge in [-0.15, -0.1) is 0 Å². The standard InChI is InChI=1S/C37H55N7O4/c1-26(2)21-31(34(46)41-30(15-9-10-18-38)36(48)44-19-16-37(17-20-44)24-40-25-37)43-35(47)32(23-28-13-7-4-8-14-28)42-33(45)29(39)22-27-11-5-3-6-12-27/h3-8,11-14,26,29-32,40H,9-10,15-25,38-39H2,1-2H3,(H,41,46)(H,42,45)(H,43,47)/t29-,30-,31-,32-/m1/s1. The van der Waals surface area contributed by atoms with E-state index in [4.69, 9.17) is 11.5 Å². The zero-order valence-corrected chi connectivity index (χ0v) is 28.6. The first-order valence-corrected chi connectivity index (χ1v) is 17.5. The van der Waals surface area contributed by atoms with E-state index in [0.717, 1.165) is 43.5 Å². The van der Waals surface area contributed by atoms with Crippen LogP contribution < -0.4 is 32.7 Å². The second-order valence-electron chi connectivity index (χ2n) is 14.0. The molecule has 2 aliphatic heterocycles. The maximum Gasteiger partial charge on any atom is 0.245 e. The molecule has 262 valence electrons. The number of piperidine rings is 1. The van der Waals surface area contributed by atoms with Crippen molar-refractivity contribution in [3.05, 3.63) is 71.8 Å². The highest BCUT2D eigenvalue weighted by molar-refractivity contribution is 5.95. The Morgan fingerprint density at radius 3 is 1.85 bits per heavy atom. The highest BCUT2D eigenvalue weighted by Gasteiger charge is 2.41. The van der Waals surface area contributed by atoms with Crippen molar-refractivity contribution < 1.29 is 19.2 Å². The van der Waals surface area contributed by atoms with Gasteiger partial charge in [-0.1, -0.05) is 74.5 Å². The van der Waals surface area contributed by atoms with Gasteiger partial charge >= 0.3 is 0 Å². The first-order valence-electron chi connectivity index (χ1n) is 17.5. The molecule has 4 rings (SSSR count). The predicted molar refractivity (Wildman–Crippen MR) is 188 cm³/mol. The Labute approximate surface area is 285 Å². The number of nitrogens with two attached hydrogens (primary N) is 2. The number of nitrogens with zero attached hydrogens (tertiary/aromatic N) is 1. The fourth-order valence-electron chi connectivity index (χ4n) is 6.55. The summed E-state index contributed by atoms with van der Waals surface area (Å²) in [6.07, 6.45) is 4.71. The van der Waals surface area contributed by atoms with E-state index in [2.05, 4.69) is 21.3 Å². The van der Waals surface area contributed by atoms with Gasteiger partial charge in [-0.05, 0) is 74.0 Å². The molecule has 2 aromatic rings. The normalized spacial score (nSPS) is 17.9. The molecule has 11 nitrogen and oxygen atoms in total. The van der Waals surface area contributed by atoms with Crippen molar-refractivity contribution in [2.45, 2.75) is 89.4 Å². The minimum Gasteiger partial charge on any atom is -0.343 e. The number of amides is 4. The van der Waals surface area contributed by atoms with Gasteiger partial charge in [-0.25, -0.2) is 0 Å². The van der Waals surface area contributed by atoms with Crippen LogP contribution in [0.4, 0.5) is 0 Å². The van der Waals surface area contributed by atoms with Crippen LogP contribution in [-0.4, -0.2) is 85.4 Å². The van der Waals surface area contributed by atoms with Gasteiger partial charge in [0.2, 0.25) is 23.6 Å². The molecule has 0 aliphatic carbocycles. The van der Waals surface area contributed by atoms with Crippen LogP contribution in [0.5, 0.6) is 0 Å². The van der Waals surface area contributed by atoms with Crippen LogP contribution in [0.15, 0.2) is 60.7 Å². The fourth-order valence-corrected chi connectivity index (χ4v) is 6.55. The molecule has 2 aromatic carbocycles. The third-order valence-electron chi connectivity index (χ3n) is 9.59. The third-order valence-corrected chi connectivity index (χ3v) is 9.59. The van der Waals surface area contributed by atoms with Gasteiger partial charge in [0.1, 0.15) is 18.1 Å². The number of hydrogen-bond donors (Lipinski definition) is 6. The Kier molecular flexibility index (Phi) is 14.0. The first-order chi connectivity index (χ1) is 23.1. The van der Waals surface area contributed by atoms with Crippen molar-refractivity contribution >= 4 is 23.6 Å². The summed E-state index contributed by atoms with van der Waals surface area (Å²) >= 11 is 0. The number of unbranched alkanes of at least 4 members (excludes halogenated alkanes) is 1. The Morgan fingerprint density at radius 2 is 1.31 bits per heavy atom. The summed E-state index contributed by atoms with van der Waals surface area (Å²) in [6.45, 7) is 7.78. The minimum atomic E-state index is -0.965. The second kappa shape index (κ2) is 18.1. The summed E-state index contributed by atoms with van der Waals surface area (Å²) in [5, 5.41) is 12.1. The number of carbonyl (C=O) groups is 4. The van der Waals surface area contributed by atoms with Crippen LogP contribution in [0, 0.1) is 11.3 Å².